The van der Waals surface area contributed by atoms with Crippen LogP contribution in [0.3, 0.4) is 0 Å². The Labute approximate surface area is 172 Å². The van der Waals surface area contributed by atoms with Gasteiger partial charge >= 0.3 is 0 Å². The smallest absolute Gasteiger partial charge is 0.243 e. The summed E-state index contributed by atoms with van der Waals surface area (Å²) in [5.41, 5.74) is 1.78. The maximum absolute atomic E-state index is 12.7. The second kappa shape index (κ2) is 8.65. The predicted molar refractivity (Wildman–Crippen MR) is 114 cm³/mol. The molecule has 6 nitrogen and oxygen atoms in total. The second-order valence-corrected chi connectivity index (χ2v) is 9.60. The number of ketones is 1. The fourth-order valence-electron chi connectivity index (χ4n) is 3.99. The molecule has 0 unspecified atom stereocenters. The van der Waals surface area contributed by atoms with Crippen LogP contribution in [-0.4, -0.2) is 69.2 Å². The molecular formula is C22H27N3O3S. The van der Waals surface area contributed by atoms with Gasteiger partial charge < -0.3 is 4.90 Å². The van der Waals surface area contributed by atoms with Crippen LogP contribution in [0.25, 0.3) is 0 Å². The minimum absolute atomic E-state index is 0.0308. The third-order valence-corrected chi connectivity index (χ3v) is 7.65. The van der Waals surface area contributed by atoms with Gasteiger partial charge in [-0.05, 0) is 37.1 Å². The number of piperazine rings is 1. The standard InChI is InChI=1S/C22H27N3O3S/c26-22(18-23-14-16-24(17-15-23)20-6-2-1-3-7-20)19-8-10-21(11-9-19)29(27,28)25-12-4-5-13-25/h1-3,6-11H,4-5,12-18H2. The molecule has 0 radical (unpaired) electrons. The van der Waals surface area contributed by atoms with Gasteiger partial charge in [0, 0.05) is 50.5 Å². The molecule has 0 amide bonds. The van der Waals surface area contributed by atoms with Crippen molar-refractivity contribution >= 4 is 21.5 Å². The molecule has 0 aromatic heterocycles. The maximum Gasteiger partial charge on any atom is 0.243 e. The van der Waals surface area contributed by atoms with Crippen LogP contribution in [0.2, 0.25) is 0 Å². The Morgan fingerprint density at radius 1 is 0.793 bits per heavy atom. The molecule has 2 heterocycles. The Morgan fingerprint density at radius 2 is 1.41 bits per heavy atom. The van der Waals surface area contributed by atoms with Gasteiger partial charge in [-0.3, -0.25) is 9.69 Å². The van der Waals surface area contributed by atoms with Crippen LogP contribution in [0.4, 0.5) is 5.69 Å². The first kappa shape index (κ1) is 20.1. The normalized spacial score (nSPS) is 18.8. The fourth-order valence-corrected chi connectivity index (χ4v) is 5.50. The Kier molecular flexibility index (Phi) is 5.99. The van der Waals surface area contributed by atoms with E-state index in [9.17, 15) is 13.2 Å². The average molecular weight is 414 g/mol. The third-order valence-electron chi connectivity index (χ3n) is 5.74. The topological polar surface area (TPSA) is 60.9 Å². The van der Waals surface area contributed by atoms with Gasteiger partial charge in [-0.25, -0.2) is 8.42 Å². The Morgan fingerprint density at radius 3 is 2.03 bits per heavy atom. The lowest BCUT2D eigenvalue weighted by Crippen LogP contribution is -2.48. The highest BCUT2D eigenvalue weighted by Gasteiger charge is 2.27. The van der Waals surface area contributed by atoms with E-state index >= 15 is 0 Å². The fraction of sp³-hybridized carbons (Fsp3) is 0.409. The van der Waals surface area contributed by atoms with Crippen LogP contribution in [0.15, 0.2) is 59.5 Å². The number of hydrogen-bond donors (Lipinski definition) is 0. The van der Waals surface area contributed by atoms with Crippen molar-refractivity contribution in [3.63, 3.8) is 0 Å². The highest BCUT2D eigenvalue weighted by molar-refractivity contribution is 7.89. The van der Waals surface area contributed by atoms with Crippen molar-refractivity contribution in [2.24, 2.45) is 0 Å². The first-order valence-corrected chi connectivity index (χ1v) is 11.6. The van der Waals surface area contributed by atoms with Crippen LogP contribution in [0.5, 0.6) is 0 Å². The molecule has 2 aliphatic rings. The molecule has 0 bridgehead atoms. The molecule has 2 aromatic rings. The monoisotopic (exact) mass is 413 g/mol. The number of Topliss-reactive ketones (excluding diaryl/α,β-unsaturated/α-hetero) is 1. The van der Waals surface area contributed by atoms with E-state index < -0.39 is 10.0 Å². The van der Waals surface area contributed by atoms with Gasteiger partial charge in [-0.1, -0.05) is 30.3 Å². The van der Waals surface area contributed by atoms with Crippen molar-refractivity contribution in [1.29, 1.82) is 0 Å². The van der Waals surface area contributed by atoms with Crippen molar-refractivity contribution in [1.82, 2.24) is 9.21 Å². The van der Waals surface area contributed by atoms with E-state index in [-0.39, 0.29) is 10.7 Å². The molecule has 29 heavy (non-hydrogen) atoms. The van der Waals surface area contributed by atoms with E-state index in [4.69, 9.17) is 0 Å². The molecule has 154 valence electrons. The van der Waals surface area contributed by atoms with E-state index in [1.54, 1.807) is 24.3 Å². The van der Waals surface area contributed by atoms with Crippen molar-refractivity contribution in [3.05, 3.63) is 60.2 Å². The first-order valence-electron chi connectivity index (χ1n) is 10.2. The van der Waals surface area contributed by atoms with E-state index in [0.29, 0.717) is 25.2 Å². The Hall–Kier alpha value is -2.22. The lowest BCUT2D eigenvalue weighted by molar-refractivity contribution is 0.0926. The highest BCUT2D eigenvalue weighted by atomic mass is 32.2. The number of anilines is 1. The molecular weight excluding hydrogens is 386 g/mol. The van der Waals surface area contributed by atoms with Gasteiger partial charge in [0.2, 0.25) is 10.0 Å². The molecule has 4 rings (SSSR count). The summed E-state index contributed by atoms with van der Waals surface area (Å²) >= 11 is 0. The summed E-state index contributed by atoms with van der Waals surface area (Å²) < 4.78 is 26.7. The zero-order chi connectivity index (χ0) is 20.3. The number of carbonyl (C=O) groups excluding carboxylic acids is 1. The largest absolute Gasteiger partial charge is 0.369 e. The van der Waals surface area contributed by atoms with Crippen molar-refractivity contribution < 1.29 is 13.2 Å². The molecule has 0 aliphatic carbocycles. The zero-order valence-corrected chi connectivity index (χ0v) is 17.4. The number of hydrogen-bond acceptors (Lipinski definition) is 5. The van der Waals surface area contributed by atoms with Crippen molar-refractivity contribution in [3.8, 4) is 0 Å². The SMILES string of the molecule is O=C(CN1CCN(c2ccccc2)CC1)c1ccc(S(=O)(=O)N2CCCC2)cc1. The van der Waals surface area contributed by atoms with E-state index in [1.807, 2.05) is 18.2 Å². The summed E-state index contributed by atoms with van der Waals surface area (Å²) in [6.45, 7) is 4.98. The van der Waals surface area contributed by atoms with Gasteiger partial charge in [0.15, 0.2) is 5.78 Å². The minimum Gasteiger partial charge on any atom is -0.369 e. The van der Waals surface area contributed by atoms with E-state index in [0.717, 1.165) is 39.0 Å². The number of carbonyl (C=O) groups is 1. The van der Waals surface area contributed by atoms with Gasteiger partial charge in [0.05, 0.1) is 11.4 Å². The summed E-state index contributed by atoms with van der Waals surface area (Å²) in [7, 11) is -3.43. The summed E-state index contributed by atoms with van der Waals surface area (Å²) in [6.07, 6.45) is 1.82. The summed E-state index contributed by atoms with van der Waals surface area (Å²) in [5, 5.41) is 0. The maximum atomic E-state index is 12.7. The molecule has 0 spiro atoms. The van der Waals surface area contributed by atoms with E-state index in [2.05, 4.69) is 21.9 Å². The van der Waals surface area contributed by atoms with Crippen LogP contribution in [0, 0.1) is 0 Å². The van der Waals surface area contributed by atoms with Gasteiger partial charge in [0.25, 0.3) is 0 Å². The van der Waals surface area contributed by atoms with Crippen LogP contribution in [0.1, 0.15) is 23.2 Å². The molecule has 0 saturated carbocycles. The number of sulfonamides is 1. The lowest BCUT2D eigenvalue weighted by Gasteiger charge is -2.35. The highest BCUT2D eigenvalue weighted by Crippen LogP contribution is 2.21. The number of rotatable bonds is 6. The van der Waals surface area contributed by atoms with E-state index in [1.165, 1.54) is 9.99 Å². The number of nitrogens with zero attached hydrogens (tertiary/aromatic N) is 3. The third kappa shape index (κ3) is 4.52. The Bertz CT molecular complexity index is 931. The van der Waals surface area contributed by atoms with Crippen molar-refractivity contribution in [2.75, 3.05) is 50.7 Å². The summed E-state index contributed by atoms with van der Waals surface area (Å²) in [6, 6.07) is 16.7. The second-order valence-electron chi connectivity index (χ2n) is 7.66. The zero-order valence-electron chi connectivity index (χ0n) is 16.5. The average Bonchev–Trinajstić information content (AvgIpc) is 3.31. The van der Waals surface area contributed by atoms with Gasteiger partial charge in [0.1, 0.15) is 0 Å². The number of benzene rings is 2. The molecule has 2 aliphatic heterocycles. The molecule has 7 heteroatoms. The van der Waals surface area contributed by atoms with Crippen LogP contribution in [-0.2, 0) is 10.0 Å². The minimum atomic E-state index is -3.43. The van der Waals surface area contributed by atoms with Gasteiger partial charge in [-0.15, -0.1) is 0 Å². The molecule has 2 fully saturated rings. The molecule has 0 atom stereocenters. The summed E-state index contributed by atoms with van der Waals surface area (Å²) in [5.74, 6) is 0.0308. The van der Waals surface area contributed by atoms with Gasteiger partial charge in [-0.2, -0.15) is 4.31 Å². The predicted octanol–water partition coefficient (Wildman–Crippen LogP) is 2.48. The summed E-state index contributed by atoms with van der Waals surface area (Å²) in [4.78, 5) is 17.4. The Balaban J connectivity index is 1.33. The first-order chi connectivity index (χ1) is 14.0. The number of para-hydroxylation sites is 1. The molecule has 2 saturated heterocycles. The van der Waals surface area contributed by atoms with Crippen LogP contribution < -0.4 is 4.90 Å². The van der Waals surface area contributed by atoms with Crippen LogP contribution >= 0.6 is 0 Å². The molecule has 2 aromatic carbocycles. The molecule has 0 N–H and O–H groups in total. The lowest BCUT2D eigenvalue weighted by atomic mass is 10.1. The van der Waals surface area contributed by atoms with Crippen molar-refractivity contribution in [2.45, 2.75) is 17.7 Å². The quantitative estimate of drug-likeness (QED) is 0.681.